The van der Waals surface area contributed by atoms with Crippen LogP contribution in [0.4, 0.5) is 34.3 Å². The van der Waals surface area contributed by atoms with Crippen LogP contribution in [0.2, 0.25) is 0 Å². The molecule has 1 aromatic heterocycles. The Kier molecular flexibility index (Phi) is 13.2. The van der Waals surface area contributed by atoms with E-state index >= 15 is 0 Å². The Labute approximate surface area is 506 Å². The summed E-state index contributed by atoms with van der Waals surface area (Å²) in [5.41, 5.74) is 14.9. The molecule has 1 N–H and O–H groups in total. The number of hydrogen-bond acceptors (Lipinski definition) is 5. The maximum atomic E-state index is 9.60. The van der Waals surface area contributed by atoms with Gasteiger partial charge in [-0.1, -0.05) is 205 Å². The summed E-state index contributed by atoms with van der Waals surface area (Å²) in [7, 11) is 0. The van der Waals surface area contributed by atoms with Gasteiger partial charge in [0.1, 0.15) is 5.82 Å². The van der Waals surface area contributed by atoms with Gasteiger partial charge in [-0.2, -0.15) is 18.2 Å². The molecule has 0 amide bonds. The van der Waals surface area contributed by atoms with Gasteiger partial charge in [0, 0.05) is 82.3 Å². The number of pyridine rings is 1. The zero-order valence-electron chi connectivity index (χ0n) is 55.1. The van der Waals surface area contributed by atoms with Crippen molar-refractivity contribution >= 4 is 34.3 Å². The molecule has 0 bridgehead atoms. The number of aromatic nitrogens is 1. The minimum absolute atomic E-state index is 0. The van der Waals surface area contributed by atoms with Crippen LogP contribution in [0, 0.1) is 25.7 Å². The number of para-hydroxylation sites is 3. The standard InChI is InChI=1S/C75H77N4O.Pt/c1-49-41-69(76-47-63(49)53-33-38-64-65(44-53)75(13,14)40-39-74(64,11)12)77-66-45-56(73(8,9)10)34-37-60(66)50-31-35-58(36-32-50)80-59-26-19-25-57(46-59)78-48-79(68-30-16-15-29-67(68)78)70-61(51-21-17-23-54(42-51)71(2,3)4)27-20-28-62(70)52-22-18-24-55(43-52)72(5,6)7;/h15-35,37-38,41-45,47-48H,39-40H2,1-14H3,(H,76,77);/q-3;/i1D3,33D,38D,44D;. The second-order valence-corrected chi connectivity index (χ2v) is 26.2. The summed E-state index contributed by atoms with van der Waals surface area (Å²) < 4.78 is 61.0. The minimum Gasteiger partial charge on any atom is -0.509 e. The van der Waals surface area contributed by atoms with Gasteiger partial charge in [0.25, 0.3) is 0 Å². The van der Waals surface area contributed by atoms with Crippen molar-refractivity contribution < 1.29 is 34.0 Å². The van der Waals surface area contributed by atoms with Crippen LogP contribution < -0.4 is 19.9 Å². The smallest absolute Gasteiger partial charge is 0.130 e. The van der Waals surface area contributed by atoms with Gasteiger partial charge in [0.05, 0.1) is 4.11 Å². The molecule has 0 fully saturated rings. The van der Waals surface area contributed by atoms with Crippen molar-refractivity contribution in [2.45, 2.75) is 137 Å². The fourth-order valence-electron chi connectivity index (χ4n) is 11.1. The van der Waals surface area contributed by atoms with E-state index in [4.69, 9.17) is 13.8 Å². The third-order valence-electron chi connectivity index (χ3n) is 16.2. The third kappa shape index (κ3) is 11.5. The average Bonchev–Trinajstić information content (AvgIpc) is 1.12. The van der Waals surface area contributed by atoms with Crippen LogP contribution in [-0.2, 0) is 48.1 Å². The van der Waals surface area contributed by atoms with Gasteiger partial charge < -0.3 is 19.9 Å². The predicted octanol–water partition coefficient (Wildman–Crippen LogP) is 20.8. The summed E-state index contributed by atoms with van der Waals surface area (Å²) in [6, 6.07) is 59.3. The van der Waals surface area contributed by atoms with Crippen molar-refractivity contribution in [3.63, 3.8) is 0 Å². The number of aryl methyl sites for hydroxylation is 1. The normalized spacial score (nSPS) is 15.9. The van der Waals surface area contributed by atoms with Gasteiger partial charge in [-0.3, -0.25) is 0 Å². The molecule has 416 valence electrons. The van der Waals surface area contributed by atoms with E-state index in [1.54, 1.807) is 0 Å². The van der Waals surface area contributed by atoms with E-state index in [2.05, 4.69) is 233 Å². The van der Waals surface area contributed by atoms with Crippen LogP contribution in [0.1, 0.15) is 144 Å². The minimum atomic E-state index is -2.63. The molecule has 0 spiro atoms. The van der Waals surface area contributed by atoms with E-state index in [1.807, 2.05) is 36.4 Å². The Morgan fingerprint density at radius 1 is 0.580 bits per heavy atom. The Balaban J connectivity index is 0.00000838. The molecule has 0 saturated heterocycles. The second-order valence-electron chi connectivity index (χ2n) is 26.2. The van der Waals surface area contributed by atoms with Crippen LogP contribution in [-0.4, -0.2) is 4.98 Å². The first kappa shape index (κ1) is 49.6. The van der Waals surface area contributed by atoms with Crippen molar-refractivity contribution in [2.24, 2.45) is 0 Å². The maximum absolute atomic E-state index is 9.60. The van der Waals surface area contributed by atoms with E-state index in [0.29, 0.717) is 28.3 Å². The summed E-state index contributed by atoms with van der Waals surface area (Å²) in [6.07, 6.45) is 3.07. The topological polar surface area (TPSA) is 40.6 Å². The predicted molar refractivity (Wildman–Crippen MR) is 337 cm³/mol. The Morgan fingerprint density at radius 2 is 1.19 bits per heavy atom. The molecule has 81 heavy (non-hydrogen) atoms. The Morgan fingerprint density at radius 3 is 1.80 bits per heavy atom. The number of nitrogens with zero attached hydrogens (tertiary/aromatic N) is 3. The third-order valence-corrected chi connectivity index (χ3v) is 16.2. The first-order valence-electron chi connectivity index (χ1n) is 31.1. The molecular weight excluding hydrogens is 1170 g/mol. The quantitative estimate of drug-likeness (QED) is 0.138. The van der Waals surface area contributed by atoms with Gasteiger partial charge in [-0.05, 0) is 121 Å². The average molecular weight is 1250 g/mol. The molecule has 5 nitrogen and oxygen atoms in total. The summed E-state index contributed by atoms with van der Waals surface area (Å²) in [5.74, 6) is 1.30. The zero-order valence-corrected chi connectivity index (χ0v) is 51.3. The van der Waals surface area contributed by atoms with E-state index < -0.39 is 17.7 Å². The molecule has 0 saturated carbocycles. The number of nitrogens with one attached hydrogen (secondary N) is 1. The summed E-state index contributed by atoms with van der Waals surface area (Å²) >= 11 is 0. The number of anilines is 6. The molecule has 1 aliphatic carbocycles. The molecule has 11 rings (SSSR count). The molecule has 2 aliphatic rings. The molecule has 8 aromatic carbocycles. The van der Waals surface area contributed by atoms with Crippen molar-refractivity contribution in [3.8, 4) is 56.0 Å². The van der Waals surface area contributed by atoms with Crippen molar-refractivity contribution in [1.29, 1.82) is 0 Å². The maximum Gasteiger partial charge on any atom is 0.130 e. The SMILES string of the molecule is [2H]c1c([2H])c2c(c([2H])c1-c1cnc(Nc3cc(C(C)(C)C)ccc3-c3c[c-]c(Oc4[c-]c(N5[CH-]N(c6c(-c7cccc(C(C)(C)C)c7)cccc6-c6cccc(C(C)(C)C)c6)c6ccccc65)ccc4)cc3)cc1C([2H])([2H])[2H])C(C)(C)CCC2(C)C.[Pt]. The summed E-state index contributed by atoms with van der Waals surface area (Å²) in [4.78, 5) is 9.29. The molecule has 2 heterocycles. The van der Waals surface area contributed by atoms with Crippen molar-refractivity contribution in [1.82, 2.24) is 4.98 Å². The van der Waals surface area contributed by atoms with Crippen molar-refractivity contribution in [2.75, 3.05) is 15.1 Å². The van der Waals surface area contributed by atoms with E-state index in [-0.39, 0.29) is 77.9 Å². The van der Waals surface area contributed by atoms with E-state index in [9.17, 15) is 4.11 Å². The van der Waals surface area contributed by atoms with Gasteiger partial charge >= 0.3 is 0 Å². The van der Waals surface area contributed by atoms with Gasteiger partial charge in [-0.15, -0.1) is 48.3 Å². The van der Waals surface area contributed by atoms with Crippen LogP contribution in [0.5, 0.6) is 11.5 Å². The van der Waals surface area contributed by atoms with Crippen LogP contribution in [0.15, 0.2) is 176 Å². The van der Waals surface area contributed by atoms with Crippen LogP contribution in [0.25, 0.3) is 44.5 Å². The van der Waals surface area contributed by atoms with Gasteiger partial charge in [-0.25, -0.2) is 4.98 Å². The van der Waals surface area contributed by atoms with Crippen LogP contribution in [0.3, 0.4) is 0 Å². The van der Waals surface area contributed by atoms with Gasteiger partial charge in [0.15, 0.2) is 0 Å². The molecule has 1 aliphatic heterocycles. The largest absolute Gasteiger partial charge is 0.509 e. The summed E-state index contributed by atoms with van der Waals surface area (Å²) in [6.45, 7) is 27.8. The number of benzene rings is 8. The Hall–Kier alpha value is -7.20. The first-order chi connectivity index (χ1) is 40.4. The van der Waals surface area contributed by atoms with Crippen LogP contribution >= 0.6 is 0 Å². The van der Waals surface area contributed by atoms with E-state index in [0.717, 1.165) is 74.5 Å². The molecule has 0 radical (unpaired) electrons. The fraction of sp³-hybridized carbons (Fsp3) is 0.280. The molecule has 6 heteroatoms. The van der Waals surface area contributed by atoms with Gasteiger partial charge in [0.2, 0.25) is 0 Å². The molecule has 0 unspecified atom stereocenters. The molecule has 9 aromatic rings. The first-order valence-corrected chi connectivity index (χ1v) is 28.1. The number of rotatable bonds is 10. The number of ether oxygens (including phenoxy) is 1. The fourth-order valence-corrected chi connectivity index (χ4v) is 11.1. The zero-order chi connectivity index (χ0) is 61.6. The van der Waals surface area contributed by atoms with E-state index in [1.165, 1.54) is 23.4 Å². The van der Waals surface area contributed by atoms with Crippen molar-refractivity contribution in [3.05, 3.63) is 228 Å². The molecular formula is C75H77N4OPt-3. The summed E-state index contributed by atoms with van der Waals surface area (Å²) in [5, 5.41) is 3.48. The second kappa shape index (κ2) is 21.6. The number of hydrogen-bond donors (Lipinski definition) is 1. The number of fused-ring (bicyclic) bond motifs is 2. The Bertz CT molecular complexity index is 4020. The molecule has 0 atom stereocenters. The monoisotopic (exact) mass is 1250 g/mol.